The zero-order chi connectivity index (χ0) is 16.6. The normalized spacial score (nSPS) is 13.1. The van der Waals surface area contributed by atoms with Crippen LogP contribution in [0.3, 0.4) is 0 Å². The average molecular weight is 326 g/mol. The highest BCUT2D eigenvalue weighted by Gasteiger charge is 2.20. The third-order valence-corrected chi connectivity index (χ3v) is 4.77. The van der Waals surface area contributed by atoms with Gasteiger partial charge in [-0.3, -0.25) is 4.79 Å². The molecule has 124 valence electrons. The second-order valence-electron chi connectivity index (χ2n) is 5.56. The highest BCUT2D eigenvalue weighted by atomic mass is 32.2. The Morgan fingerprint density at radius 1 is 1.27 bits per heavy atom. The van der Waals surface area contributed by atoms with Gasteiger partial charge in [-0.15, -0.1) is 0 Å². The molecule has 0 aliphatic carbocycles. The summed E-state index contributed by atoms with van der Waals surface area (Å²) in [6, 6.07) is 9.96. The molecule has 0 aromatic heterocycles. The van der Waals surface area contributed by atoms with E-state index in [0.717, 1.165) is 19.1 Å². The highest BCUT2D eigenvalue weighted by Crippen LogP contribution is 2.06. The van der Waals surface area contributed by atoms with Crippen molar-refractivity contribution < 1.29 is 13.2 Å². The molecule has 0 fully saturated rings. The van der Waals surface area contributed by atoms with Gasteiger partial charge in [-0.2, -0.15) is 4.31 Å². The largest absolute Gasteiger partial charge is 0.353 e. The van der Waals surface area contributed by atoms with Gasteiger partial charge in [0.05, 0.1) is 12.8 Å². The molecule has 1 aromatic carbocycles. The fourth-order valence-corrected chi connectivity index (χ4v) is 2.86. The lowest BCUT2D eigenvalue weighted by atomic mass is 10.1. The standard InChI is InChI=1S/C16H26N2O3S/c1-4-14(2)17-16(19)13-18(22(3,20)21)12-8-11-15-9-6-5-7-10-15/h5-7,9-10,14H,4,8,11-13H2,1-3H3,(H,17,19). The number of rotatable bonds is 9. The molecule has 0 saturated heterocycles. The summed E-state index contributed by atoms with van der Waals surface area (Å²) >= 11 is 0. The van der Waals surface area contributed by atoms with E-state index in [9.17, 15) is 13.2 Å². The van der Waals surface area contributed by atoms with Crippen LogP contribution in [-0.4, -0.2) is 44.0 Å². The zero-order valence-corrected chi connectivity index (χ0v) is 14.4. The maximum atomic E-state index is 11.9. The van der Waals surface area contributed by atoms with Crippen LogP contribution in [0.4, 0.5) is 0 Å². The lowest BCUT2D eigenvalue weighted by Crippen LogP contribution is -2.43. The molecule has 1 aromatic rings. The first-order valence-corrected chi connectivity index (χ1v) is 9.46. The topological polar surface area (TPSA) is 66.5 Å². The number of carbonyl (C=O) groups is 1. The number of hydrogen-bond acceptors (Lipinski definition) is 3. The van der Waals surface area contributed by atoms with E-state index in [1.54, 1.807) is 0 Å². The minimum Gasteiger partial charge on any atom is -0.353 e. The van der Waals surface area contributed by atoms with E-state index in [4.69, 9.17) is 0 Å². The molecule has 6 heteroatoms. The van der Waals surface area contributed by atoms with Gasteiger partial charge < -0.3 is 5.32 Å². The van der Waals surface area contributed by atoms with Gasteiger partial charge in [-0.25, -0.2) is 8.42 Å². The van der Waals surface area contributed by atoms with Crippen LogP contribution in [0.5, 0.6) is 0 Å². The van der Waals surface area contributed by atoms with Gasteiger partial charge in [0.1, 0.15) is 0 Å². The van der Waals surface area contributed by atoms with Crippen molar-refractivity contribution in [3.8, 4) is 0 Å². The maximum absolute atomic E-state index is 11.9. The van der Waals surface area contributed by atoms with Crippen LogP contribution in [0.15, 0.2) is 30.3 Å². The lowest BCUT2D eigenvalue weighted by molar-refractivity contribution is -0.121. The van der Waals surface area contributed by atoms with Crippen molar-refractivity contribution in [2.45, 2.75) is 39.2 Å². The fourth-order valence-electron chi connectivity index (χ4n) is 2.05. The number of benzene rings is 1. The molecule has 0 spiro atoms. The molecule has 5 nitrogen and oxygen atoms in total. The van der Waals surface area contributed by atoms with Crippen molar-refractivity contribution in [3.63, 3.8) is 0 Å². The summed E-state index contributed by atoms with van der Waals surface area (Å²) in [4.78, 5) is 11.9. The summed E-state index contributed by atoms with van der Waals surface area (Å²) in [6.45, 7) is 4.11. The van der Waals surface area contributed by atoms with Crippen LogP contribution in [0.25, 0.3) is 0 Å². The third kappa shape index (κ3) is 7.04. The minimum atomic E-state index is -3.38. The quantitative estimate of drug-likeness (QED) is 0.752. The van der Waals surface area contributed by atoms with E-state index in [1.165, 1.54) is 9.87 Å². The van der Waals surface area contributed by atoms with Gasteiger partial charge in [0.2, 0.25) is 15.9 Å². The molecule has 1 amide bonds. The van der Waals surface area contributed by atoms with Gasteiger partial charge in [0.25, 0.3) is 0 Å². The third-order valence-electron chi connectivity index (χ3n) is 3.52. The number of amides is 1. The second kappa shape index (κ2) is 8.90. The molecular weight excluding hydrogens is 300 g/mol. The molecule has 0 aliphatic rings. The van der Waals surface area contributed by atoms with E-state index >= 15 is 0 Å². The first kappa shape index (κ1) is 18.6. The van der Waals surface area contributed by atoms with E-state index in [-0.39, 0.29) is 18.5 Å². The predicted octanol–water partition coefficient (Wildman–Crippen LogP) is 1.80. The SMILES string of the molecule is CCC(C)NC(=O)CN(CCCc1ccccc1)S(C)(=O)=O. The molecule has 22 heavy (non-hydrogen) atoms. The van der Waals surface area contributed by atoms with Crippen LogP contribution < -0.4 is 5.32 Å². The van der Waals surface area contributed by atoms with Gasteiger partial charge in [0.15, 0.2) is 0 Å². The molecule has 0 radical (unpaired) electrons. The molecule has 0 heterocycles. The average Bonchev–Trinajstić information content (AvgIpc) is 2.46. The molecule has 1 atom stereocenters. The number of nitrogens with zero attached hydrogens (tertiary/aromatic N) is 1. The fraction of sp³-hybridized carbons (Fsp3) is 0.562. The first-order chi connectivity index (χ1) is 10.3. The van der Waals surface area contributed by atoms with E-state index in [1.807, 2.05) is 44.2 Å². The number of hydrogen-bond donors (Lipinski definition) is 1. The summed E-state index contributed by atoms with van der Waals surface area (Å²) < 4.78 is 24.9. The molecule has 0 bridgehead atoms. The molecule has 1 N–H and O–H groups in total. The number of carbonyl (C=O) groups excluding carboxylic acids is 1. The van der Waals surface area contributed by atoms with Crippen LogP contribution in [-0.2, 0) is 21.2 Å². The number of sulfonamides is 1. The van der Waals surface area contributed by atoms with Gasteiger partial charge in [-0.1, -0.05) is 37.3 Å². The monoisotopic (exact) mass is 326 g/mol. The Balaban J connectivity index is 2.53. The Hall–Kier alpha value is -1.40. The van der Waals surface area contributed by atoms with Crippen molar-refractivity contribution >= 4 is 15.9 Å². The minimum absolute atomic E-state index is 0.0539. The zero-order valence-electron chi connectivity index (χ0n) is 13.6. The van der Waals surface area contributed by atoms with Crippen molar-refractivity contribution in [3.05, 3.63) is 35.9 Å². The van der Waals surface area contributed by atoms with Crippen molar-refractivity contribution in [2.24, 2.45) is 0 Å². The maximum Gasteiger partial charge on any atom is 0.235 e. The second-order valence-corrected chi connectivity index (χ2v) is 7.54. The summed E-state index contributed by atoms with van der Waals surface area (Å²) in [7, 11) is -3.38. The summed E-state index contributed by atoms with van der Waals surface area (Å²) in [5, 5.41) is 2.80. The van der Waals surface area contributed by atoms with Gasteiger partial charge >= 0.3 is 0 Å². The Morgan fingerprint density at radius 3 is 2.45 bits per heavy atom. The van der Waals surface area contributed by atoms with Gasteiger partial charge in [-0.05, 0) is 31.7 Å². The van der Waals surface area contributed by atoms with Crippen molar-refractivity contribution in [1.29, 1.82) is 0 Å². The van der Waals surface area contributed by atoms with E-state index in [0.29, 0.717) is 13.0 Å². The summed E-state index contributed by atoms with van der Waals surface area (Å²) in [6.07, 6.45) is 3.44. The van der Waals surface area contributed by atoms with Gasteiger partial charge in [0, 0.05) is 12.6 Å². The van der Waals surface area contributed by atoms with Crippen LogP contribution in [0.2, 0.25) is 0 Å². The smallest absolute Gasteiger partial charge is 0.235 e. The lowest BCUT2D eigenvalue weighted by Gasteiger charge is -2.20. The van der Waals surface area contributed by atoms with Crippen LogP contribution in [0, 0.1) is 0 Å². The summed E-state index contributed by atoms with van der Waals surface area (Å²) in [5.74, 6) is -0.250. The molecule has 1 unspecified atom stereocenters. The van der Waals surface area contributed by atoms with Crippen molar-refractivity contribution in [2.75, 3.05) is 19.3 Å². The molecular formula is C16H26N2O3S. The van der Waals surface area contributed by atoms with E-state index < -0.39 is 10.0 Å². The molecule has 1 rings (SSSR count). The first-order valence-electron chi connectivity index (χ1n) is 7.61. The highest BCUT2D eigenvalue weighted by molar-refractivity contribution is 7.88. The Bertz CT molecular complexity index is 558. The summed E-state index contributed by atoms with van der Waals surface area (Å²) in [5.41, 5.74) is 1.17. The Kier molecular flexibility index (Phi) is 7.55. The Morgan fingerprint density at radius 2 is 1.91 bits per heavy atom. The molecule has 0 saturated carbocycles. The van der Waals surface area contributed by atoms with Crippen LogP contribution in [0.1, 0.15) is 32.3 Å². The number of aryl methyl sites for hydroxylation is 1. The molecule has 0 aliphatic heterocycles. The van der Waals surface area contributed by atoms with Crippen LogP contribution >= 0.6 is 0 Å². The predicted molar refractivity (Wildman–Crippen MR) is 89.1 cm³/mol. The Labute approximate surface area is 133 Å². The van der Waals surface area contributed by atoms with E-state index in [2.05, 4.69) is 5.32 Å². The number of nitrogens with one attached hydrogen (secondary N) is 1. The van der Waals surface area contributed by atoms with Crippen molar-refractivity contribution in [1.82, 2.24) is 9.62 Å².